The summed E-state index contributed by atoms with van der Waals surface area (Å²) in [6.07, 6.45) is 1.99. The van der Waals surface area contributed by atoms with Crippen LogP contribution in [0.4, 0.5) is 5.69 Å². The summed E-state index contributed by atoms with van der Waals surface area (Å²) in [6.45, 7) is 6.53. The van der Waals surface area contributed by atoms with Gasteiger partial charge in [0, 0.05) is 24.2 Å². The van der Waals surface area contributed by atoms with Crippen LogP contribution < -0.4 is 4.90 Å². The molecule has 1 nitrogen and oxygen atoms in total. The fourth-order valence-corrected chi connectivity index (χ4v) is 5.56. The molecule has 0 aromatic heterocycles. The lowest BCUT2D eigenvalue weighted by molar-refractivity contribution is 0.520. The number of benzene rings is 4. The van der Waals surface area contributed by atoms with Gasteiger partial charge in [-0.25, -0.2) is 0 Å². The Morgan fingerprint density at radius 2 is 1.09 bits per heavy atom. The van der Waals surface area contributed by atoms with E-state index in [4.69, 9.17) is 0 Å². The third kappa shape index (κ3) is 3.52. The molecule has 0 saturated carbocycles. The van der Waals surface area contributed by atoms with Crippen molar-refractivity contribution in [2.24, 2.45) is 0 Å². The zero-order chi connectivity index (χ0) is 22.0. The van der Waals surface area contributed by atoms with Crippen molar-refractivity contribution in [3.05, 3.63) is 125 Å². The van der Waals surface area contributed by atoms with Crippen LogP contribution in [0.3, 0.4) is 0 Å². The van der Waals surface area contributed by atoms with Crippen LogP contribution in [0.2, 0.25) is 0 Å². The van der Waals surface area contributed by atoms with Crippen molar-refractivity contribution in [1.82, 2.24) is 0 Å². The predicted octanol–water partition coefficient (Wildman–Crippen LogP) is 7.28. The number of hydrogen-bond acceptors (Lipinski definition) is 1. The van der Waals surface area contributed by atoms with Crippen LogP contribution in [0.15, 0.2) is 103 Å². The molecule has 4 aromatic carbocycles. The Balaban J connectivity index is 1.75. The zero-order valence-electron chi connectivity index (χ0n) is 19.1. The Kier molecular flexibility index (Phi) is 5.57. The van der Waals surface area contributed by atoms with E-state index in [-0.39, 0.29) is 5.41 Å². The summed E-state index contributed by atoms with van der Waals surface area (Å²) >= 11 is 0. The van der Waals surface area contributed by atoms with Gasteiger partial charge in [-0.15, -0.1) is 0 Å². The lowest BCUT2D eigenvalue weighted by Gasteiger charge is -2.34. The van der Waals surface area contributed by atoms with Gasteiger partial charge in [-0.05, 0) is 72.2 Å². The van der Waals surface area contributed by atoms with Gasteiger partial charge in [0.05, 0.1) is 0 Å². The standard InChI is InChI=1S/C31H31N/c1-3-32(4-2)26-19-20-28-27-17-11-12-18-29(27)31(30(28)21-26,22-24-13-7-5-8-14-24)23-25-15-9-6-10-16-25/h5-21H,3-4,22-23H2,1-2H3. The predicted molar refractivity (Wildman–Crippen MR) is 137 cm³/mol. The molecule has 1 heteroatoms. The fourth-order valence-electron chi connectivity index (χ4n) is 5.56. The van der Waals surface area contributed by atoms with E-state index in [0.717, 1.165) is 25.9 Å². The van der Waals surface area contributed by atoms with Crippen molar-refractivity contribution in [3.8, 4) is 11.1 Å². The maximum absolute atomic E-state index is 2.48. The lowest BCUT2D eigenvalue weighted by Crippen LogP contribution is -2.31. The first-order valence-electron chi connectivity index (χ1n) is 11.8. The molecule has 0 radical (unpaired) electrons. The first-order valence-corrected chi connectivity index (χ1v) is 11.8. The third-order valence-electron chi connectivity index (χ3n) is 7.08. The number of nitrogens with zero attached hydrogens (tertiary/aromatic N) is 1. The van der Waals surface area contributed by atoms with Crippen LogP contribution in [0.5, 0.6) is 0 Å². The number of fused-ring (bicyclic) bond motifs is 3. The Morgan fingerprint density at radius 1 is 0.562 bits per heavy atom. The fraction of sp³-hybridized carbons (Fsp3) is 0.226. The van der Waals surface area contributed by atoms with Crippen LogP contribution in [-0.4, -0.2) is 13.1 Å². The molecule has 1 aliphatic carbocycles. The van der Waals surface area contributed by atoms with Crippen LogP contribution >= 0.6 is 0 Å². The van der Waals surface area contributed by atoms with E-state index in [1.165, 1.54) is 39.1 Å². The highest BCUT2D eigenvalue weighted by molar-refractivity contribution is 5.83. The van der Waals surface area contributed by atoms with Gasteiger partial charge in [-0.3, -0.25) is 0 Å². The molecular formula is C31H31N. The molecule has 0 aliphatic heterocycles. The van der Waals surface area contributed by atoms with Crippen LogP contribution in [-0.2, 0) is 18.3 Å². The molecule has 1 aliphatic rings. The monoisotopic (exact) mass is 417 g/mol. The largest absolute Gasteiger partial charge is 0.372 e. The molecule has 0 N–H and O–H groups in total. The topological polar surface area (TPSA) is 3.24 Å². The van der Waals surface area contributed by atoms with Gasteiger partial charge in [0.25, 0.3) is 0 Å². The summed E-state index contributed by atoms with van der Waals surface area (Å²) in [5.74, 6) is 0. The van der Waals surface area contributed by atoms with Gasteiger partial charge in [0.15, 0.2) is 0 Å². The van der Waals surface area contributed by atoms with E-state index in [1.54, 1.807) is 0 Å². The minimum atomic E-state index is -0.0855. The average Bonchev–Trinajstić information content (AvgIpc) is 3.10. The summed E-state index contributed by atoms with van der Waals surface area (Å²) in [4.78, 5) is 2.46. The van der Waals surface area contributed by atoms with E-state index in [0.29, 0.717) is 0 Å². The van der Waals surface area contributed by atoms with E-state index in [2.05, 4.69) is 122 Å². The van der Waals surface area contributed by atoms with Crippen molar-refractivity contribution in [1.29, 1.82) is 0 Å². The van der Waals surface area contributed by atoms with Gasteiger partial charge in [-0.1, -0.05) is 91.0 Å². The second kappa shape index (κ2) is 8.67. The van der Waals surface area contributed by atoms with Crippen LogP contribution in [0, 0.1) is 0 Å². The number of anilines is 1. The highest BCUT2D eigenvalue weighted by Crippen LogP contribution is 2.53. The molecule has 0 saturated heterocycles. The minimum absolute atomic E-state index is 0.0855. The Labute approximate surface area is 192 Å². The molecule has 32 heavy (non-hydrogen) atoms. The molecule has 0 amide bonds. The second-order valence-electron chi connectivity index (χ2n) is 8.85. The van der Waals surface area contributed by atoms with Crippen molar-refractivity contribution >= 4 is 5.69 Å². The molecule has 0 unspecified atom stereocenters. The average molecular weight is 418 g/mol. The van der Waals surface area contributed by atoms with Gasteiger partial charge in [0.1, 0.15) is 0 Å². The minimum Gasteiger partial charge on any atom is -0.372 e. The summed E-state index contributed by atoms with van der Waals surface area (Å²) < 4.78 is 0. The maximum atomic E-state index is 2.48. The van der Waals surface area contributed by atoms with Crippen molar-refractivity contribution in [2.75, 3.05) is 18.0 Å². The zero-order valence-corrected chi connectivity index (χ0v) is 19.1. The van der Waals surface area contributed by atoms with Gasteiger partial charge < -0.3 is 4.90 Å². The SMILES string of the molecule is CCN(CC)c1ccc2c(c1)C(Cc1ccccc1)(Cc1ccccc1)c1ccccc1-2. The number of rotatable bonds is 7. The maximum Gasteiger partial charge on any atom is 0.0369 e. The van der Waals surface area contributed by atoms with Crippen LogP contribution in [0.25, 0.3) is 11.1 Å². The molecule has 4 aromatic rings. The van der Waals surface area contributed by atoms with Crippen molar-refractivity contribution in [2.45, 2.75) is 32.1 Å². The van der Waals surface area contributed by atoms with Gasteiger partial charge in [0.2, 0.25) is 0 Å². The Bertz CT molecular complexity index is 1150. The molecule has 0 spiro atoms. The van der Waals surface area contributed by atoms with E-state index in [9.17, 15) is 0 Å². The smallest absolute Gasteiger partial charge is 0.0369 e. The molecular weight excluding hydrogens is 386 g/mol. The normalized spacial score (nSPS) is 13.4. The summed E-state index contributed by atoms with van der Waals surface area (Å²) in [6, 6.07) is 38.2. The summed E-state index contributed by atoms with van der Waals surface area (Å²) in [5.41, 5.74) is 9.72. The van der Waals surface area contributed by atoms with Crippen LogP contribution in [0.1, 0.15) is 36.1 Å². The number of hydrogen-bond donors (Lipinski definition) is 0. The molecule has 0 bridgehead atoms. The molecule has 0 fully saturated rings. The molecule has 160 valence electrons. The van der Waals surface area contributed by atoms with Gasteiger partial charge in [-0.2, -0.15) is 0 Å². The highest BCUT2D eigenvalue weighted by atomic mass is 15.1. The van der Waals surface area contributed by atoms with Crippen molar-refractivity contribution in [3.63, 3.8) is 0 Å². The van der Waals surface area contributed by atoms with E-state index < -0.39 is 0 Å². The van der Waals surface area contributed by atoms with E-state index in [1.807, 2.05) is 0 Å². The molecule has 5 rings (SSSR count). The van der Waals surface area contributed by atoms with Crippen molar-refractivity contribution < 1.29 is 0 Å². The summed E-state index contributed by atoms with van der Waals surface area (Å²) in [7, 11) is 0. The van der Waals surface area contributed by atoms with Gasteiger partial charge >= 0.3 is 0 Å². The lowest BCUT2D eigenvalue weighted by atomic mass is 9.69. The first-order chi connectivity index (χ1) is 15.7. The Morgan fingerprint density at radius 3 is 1.69 bits per heavy atom. The highest BCUT2D eigenvalue weighted by Gasteiger charge is 2.43. The first kappa shape index (κ1) is 20.6. The molecule has 0 heterocycles. The Hall–Kier alpha value is -3.32. The quantitative estimate of drug-likeness (QED) is 0.305. The summed E-state index contributed by atoms with van der Waals surface area (Å²) in [5, 5.41) is 0. The second-order valence-corrected chi connectivity index (χ2v) is 8.85. The van der Waals surface area contributed by atoms with E-state index >= 15 is 0 Å². The molecule has 0 atom stereocenters. The third-order valence-corrected chi connectivity index (χ3v) is 7.08.